The van der Waals surface area contributed by atoms with E-state index in [4.69, 9.17) is 9.52 Å². The first-order chi connectivity index (χ1) is 8.53. The van der Waals surface area contributed by atoms with E-state index in [-0.39, 0.29) is 23.0 Å². The van der Waals surface area contributed by atoms with Crippen molar-refractivity contribution in [3.8, 4) is 0 Å². The lowest BCUT2D eigenvalue weighted by Crippen LogP contribution is -2.13. The van der Waals surface area contributed by atoms with Crippen molar-refractivity contribution in [1.82, 2.24) is 4.98 Å². The number of furan rings is 1. The van der Waals surface area contributed by atoms with Gasteiger partial charge in [-0.25, -0.2) is 8.42 Å². The Morgan fingerprint density at radius 2 is 2.28 bits per heavy atom. The van der Waals surface area contributed by atoms with Crippen LogP contribution in [0, 0.1) is 6.92 Å². The van der Waals surface area contributed by atoms with Crippen LogP contribution in [-0.4, -0.2) is 18.5 Å². The molecule has 18 heavy (non-hydrogen) atoms. The predicted molar refractivity (Wildman–Crippen MR) is 64.4 cm³/mol. The van der Waals surface area contributed by atoms with Crippen LogP contribution in [0.1, 0.15) is 11.5 Å². The number of pyridine rings is 1. The van der Waals surface area contributed by atoms with Crippen LogP contribution in [-0.2, 0) is 16.6 Å². The summed E-state index contributed by atoms with van der Waals surface area (Å²) in [6.07, 6.45) is 2.95. The van der Waals surface area contributed by atoms with Crippen LogP contribution in [0.3, 0.4) is 0 Å². The maximum absolute atomic E-state index is 12.1. The molecule has 2 heterocycles. The third-order valence-electron chi connectivity index (χ3n) is 2.28. The summed E-state index contributed by atoms with van der Waals surface area (Å²) in [5.74, 6) is 0.439. The maximum Gasteiger partial charge on any atom is 0.265 e. The standard InChI is InChI=1S/C11H12N2O4S/c1-8-11(5-10(7-14)17-8)18(15,16)13-9-3-2-4-12-6-9/h2-6,13-14H,7H2,1H3. The van der Waals surface area contributed by atoms with Gasteiger partial charge in [-0.15, -0.1) is 0 Å². The Hall–Kier alpha value is -1.86. The summed E-state index contributed by atoms with van der Waals surface area (Å²) in [6.45, 7) is 1.18. The topological polar surface area (TPSA) is 92.4 Å². The third-order valence-corrected chi connectivity index (χ3v) is 3.77. The van der Waals surface area contributed by atoms with Crippen molar-refractivity contribution in [3.05, 3.63) is 42.1 Å². The fourth-order valence-corrected chi connectivity index (χ4v) is 2.75. The lowest BCUT2D eigenvalue weighted by atomic mass is 10.4. The summed E-state index contributed by atoms with van der Waals surface area (Å²) in [6, 6.07) is 4.51. The zero-order valence-electron chi connectivity index (χ0n) is 9.62. The van der Waals surface area contributed by atoms with Crippen molar-refractivity contribution in [2.75, 3.05) is 4.72 Å². The summed E-state index contributed by atoms with van der Waals surface area (Å²) in [5, 5.41) is 8.91. The van der Waals surface area contributed by atoms with Crippen molar-refractivity contribution < 1.29 is 17.9 Å². The third kappa shape index (κ3) is 2.52. The molecule has 0 bridgehead atoms. The first-order valence-corrected chi connectivity index (χ1v) is 6.64. The zero-order chi connectivity index (χ0) is 13.2. The highest BCUT2D eigenvalue weighted by Gasteiger charge is 2.21. The molecule has 96 valence electrons. The Bertz CT molecular complexity index is 634. The lowest BCUT2D eigenvalue weighted by molar-refractivity contribution is 0.245. The van der Waals surface area contributed by atoms with Gasteiger partial charge in [-0.05, 0) is 19.1 Å². The van der Waals surface area contributed by atoms with Crippen molar-refractivity contribution in [1.29, 1.82) is 0 Å². The Labute approximate surface area is 104 Å². The van der Waals surface area contributed by atoms with E-state index in [1.807, 2.05) is 0 Å². The van der Waals surface area contributed by atoms with Crippen LogP contribution in [0.25, 0.3) is 0 Å². The van der Waals surface area contributed by atoms with E-state index in [0.717, 1.165) is 0 Å². The number of hydrogen-bond acceptors (Lipinski definition) is 5. The van der Waals surface area contributed by atoms with Crippen LogP contribution < -0.4 is 4.72 Å². The second-order valence-electron chi connectivity index (χ2n) is 3.64. The monoisotopic (exact) mass is 268 g/mol. The van der Waals surface area contributed by atoms with Gasteiger partial charge >= 0.3 is 0 Å². The quantitative estimate of drug-likeness (QED) is 0.871. The van der Waals surface area contributed by atoms with Crippen molar-refractivity contribution >= 4 is 15.7 Å². The van der Waals surface area contributed by atoms with Gasteiger partial charge in [0.15, 0.2) is 0 Å². The molecule has 0 aliphatic rings. The van der Waals surface area contributed by atoms with E-state index in [0.29, 0.717) is 5.69 Å². The Kier molecular flexibility index (Phi) is 3.35. The summed E-state index contributed by atoms with van der Waals surface area (Å²) < 4.78 is 31.6. The van der Waals surface area contributed by atoms with Gasteiger partial charge in [0.25, 0.3) is 10.0 Å². The van der Waals surface area contributed by atoms with Gasteiger partial charge < -0.3 is 9.52 Å². The molecule has 0 amide bonds. The molecule has 7 heteroatoms. The van der Waals surface area contributed by atoms with Crippen LogP contribution in [0.15, 0.2) is 39.9 Å². The van der Waals surface area contributed by atoms with E-state index in [9.17, 15) is 8.42 Å². The van der Waals surface area contributed by atoms with Gasteiger partial charge in [0.2, 0.25) is 0 Å². The molecule has 0 unspecified atom stereocenters. The predicted octanol–water partition coefficient (Wildman–Crippen LogP) is 1.28. The number of sulfonamides is 1. The number of nitrogens with zero attached hydrogens (tertiary/aromatic N) is 1. The fourth-order valence-electron chi connectivity index (χ4n) is 1.50. The molecule has 0 radical (unpaired) electrons. The molecule has 0 saturated heterocycles. The second-order valence-corrected chi connectivity index (χ2v) is 5.29. The first kappa shape index (κ1) is 12.6. The van der Waals surface area contributed by atoms with Crippen LogP contribution in [0.5, 0.6) is 0 Å². The maximum atomic E-state index is 12.1. The number of aryl methyl sites for hydroxylation is 1. The zero-order valence-corrected chi connectivity index (χ0v) is 10.4. The molecule has 2 aromatic rings. The minimum Gasteiger partial charge on any atom is -0.462 e. The minimum atomic E-state index is -3.73. The smallest absolute Gasteiger partial charge is 0.265 e. The molecule has 2 aromatic heterocycles. The summed E-state index contributed by atoms with van der Waals surface area (Å²) in [4.78, 5) is 3.83. The van der Waals surface area contributed by atoms with Gasteiger partial charge in [-0.1, -0.05) is 0 Å². The van der Waals surface area contributed by atoms with Crippen LogP contribution >= 0.6 is 0 Å². The normalized spacial score (nSPS) is 11.4. The average Bonchev–Trinajstić information content (AvgIpc) is 2.72. The molecule has 0 atom stereocenters. The Morgan fingerprint density at radius 1 is 1.50 bits per heavy atom. The highest BCUT2D eigenvalue weighted by atomic mass is 32.2. The number of rotatable bonds is 4. The van der Waals surface area contributed by atoms with Gasteiger partial charge in [-0.2, -0.15) is 0 Å². The average molecular weight is 268 g/mol. The molecule has 2 N–H and O–H groups in total. The molecule has 2 rings (SSSR count). The summed E-state index contributed by atoms with van der Waals surface area (Å²) >= 11 is 0. The highest BCUT2D eigenvalue weighted by molar-refractivity contribution is 7.92. The number of nitrogens with one attached hydrogen (secondary N) is 1. The Morgan fingerprint density at radius 3 is 2.83 bits per heavy atom. The van der Waals surface area contributed by atoms with E-state index in [2.05, 4.69) is 9.71 Å². The largest absolute Gasteiger partial charge is 0.462 e. The lowest BCUT2D eigenvalue weighted by Gasteiger charge is -2.05. The SMILES string of the molecule is Cc1oc(CO)cc1S(=O)(=O)Nc1cccnc1. The molecule has 0 fully saturated rings. The van der Waals surface area contributed by atoms with Crippen LogP contribution in [0.2, 0.25) is 0 Å². The number of aromatic nitrogens is 1. The van der Waals surface area contributed by atoms with E-state index >= 15 is 0 Å². The second kappa shape index (κ2) is 4.79. The van der Waals surface area contributed by atoms with Crippen molar-refractivity contribution in [2.45, 2.75) is 18.4 Å². The number of aliphatic hydroxyl groups is 1. The van der Waals surface area contributed by atoms with Crippen molar-refractivity contribution in [2.24, 2.45) is 0 Å². The van der Waals surface area contributed by atoms with Crippen LogP contribution in [0.4, 0.5) is 5.69 Å². The number of aliphatic hydroxyl groups excluding tert-OH is 1. The molecule has 6 nitrogen and oxygen atoms in total. The first-order valence-electron chi connectivity index (χ1n) is 5.16. The molecular formula is C11H12N2O4S. The number of anilines is 1. The van der Waals surface area contributed by atoms with E-state index < -0.39 is 10.0 Å². The summed E-state index contributed by atoms with van der Waals surface area (Å²) in [7, 11) is -3.73. The van der Waals surface area contributed by atoms with Gasteiger partial charge in [0, 0.05) is 12.3 Å². The molecule has 0 aliphatic carbocycles. The molecule has 0 aromatic carbocycles. The summed E-state index contributed by atoms with van der Waals surface area (Å²) in [5.41, 5.74) is 0.364. The molecular weight excluding hydrogens is 256 g/mol. The van der Waals surface area contributed by atoms with E-state index in [1.54, 1.807) is 18.3 Å². The van der Waals surface area contributed by atoms with Gasteiger partial charge in [0.1, 0.15) is 23.0 Å². The van der Waals surface area contributed by atoms with Crippen molar-refractivity contribution in [3.63, 3.8) is 0 Å². The minimum absolute atomic E-state index is 0.00963. The highest BCUT2D eigenvalue weighted by Crippen LogP contribution is 2.22. The van der Waals surface area contributed by atoms with E-state index in [1.165, 1.54) is 19.2 Å². The molecule has 0 saturated carbocycles. The number of hydrogen-bond donors (Lipinski definition) is 2. The van der Waals surface area contributed by atoms with Gasteiger partial charge in [-0.3, -0.25) is 9.71 Å². The molecule has 0 spiro atoms. The molecule has 0 aliphatic heterocycles. The fraction of sp³-hybridized carbons (Fsp3) is 0.182. The Balaban J connectivity index is 2.34. The van der Waals surface area contributed by atoms with Gasteiger partial charge in [0.05, 0.1) is 11.9 Å².